The highest BCUT2D eigenvalue weighted by molar-refractivity contribution is 6.21. The third kappa shape index (κ3) is 4.47. The average Bonchev–Trinajstić information content (AvgIpc) is 3.49. The molecule has 1 atom stereocenters. The molecule has 0 aliphatic carbocycles. The van der Waals surface area contributed by atoms with Gasteiger partial charge in [-0.2, -0.15) is 0 Å². The van der Waals surface area contributed by atoms with Gasteiger partial charge in [-0.3, -0.25) is 0 Å². The molecule has 0 radical (unpaired) electrons. The average molecular weight is 615 g/mol. The van der Waals surface area contributed by atoms with Gasteiger partial charge in [-0.05, 0) is 103 Å². The summed E-state index contributed by atoms with van der Waals surface area (Å²) in [4.78, 5) is 0. The summed E-state index contributed by atoms with van der Waals surface area (Å²) in [7, 11) is 0. The van der Waals surface area contributed by atoms with Crippen LogP contribution in [-0.2, 0) is 0 Å². The van der Waals surface area contributed by atoms with Gasteiger partial charge in [0.2, 0.25) is 0 Å². The van der Waals surface area contributed by atoms with E-state index in [1.54, 1.807) is 0 Å². The molecule has 0 amide bonds. The minimum absolute atomic E-state index is 0.00132. The van der Waals surface area contributed by atoms with E-state index in [0.717, 1.165) is 5.75 Å². The van der Waals surface area contributed by atoms with E-state index in [1.807, 2.05) is 0 Å². The number of rotatable bonds is 5. The van der Waals surface area contributed by atoms with Crippen LogP contribution in [0.3, 0.4) is 0 Å². The first-order chi connectivity index (χ1) is 23.7. The molecule has 1 nitrogen and oxygen atoms in total. The molecule has 0 fully saturated rings. The number of hydrogen-bond donors (Lipinski definition) is 0. The Balaban J connectivity index is 1.22. The number of benzene rings is 8. The van der Waals surface area contributed by atoms with Gasteiger partial charge in [-0.1, -0.05) is 152 Å². The van der Waals surface area contributed by atoms with Crippen LogP contribution in [-0.4, -0.2) is 0 Å². The molecule has 0 spiro atoms. The first-order valence-electron chi connectivity index (χ1n) is 16.8. The lowest BCUT2D eigenvalue weighted by Crippen LogP contribution is -2.01. The zero-order valence-electron chi connectivity index (χ0n) is 27.1. The van der Waals surface area contributed by atoms with E-state index in [1.165, 1.54) is 88.0 Å². The van der Waals surface area contributed by atoms with Crippen molar-refractivity contribution in [2.45, 2.75) is 20.0 Å². The largest absolute Gasteiger partial charge is 0.485 e. The Morgan fingerprint density at radius 1 is 0.521 bits per heavy atom. The molecule has 1 heterocycles. The third-order valence-electron chi connectivity index (χ3n) is 10.0. The van der Waals surface area contributed by atoms with E-state index in [0.29, 0.717) is 0 Å². The van der Waals surface area contributed by atoms with Gasteiger partial charge in [0.1, 0.15) is 11.9 Å². The number of fused-ring (bicyclic) bond motifs is 2. The van der Waals surface area contributed by atoms with Crippen LogP contribution >= 0.6 is 0 Å². The van der Waals surface area contributed by atoms with Crippen LogP contribution in [0.15, 0.2) is 164 Å². The summed E-state index contributed by atoms with van der Waals surface area (Å²) >= 11 is 0. The zero-order valence-corrected chi connectivity index (χ0v) is 27.1. The maximum Gasteiger partial charge on any atom is 0.128 e. The lowest BCUT2D eigenvalue weighted by atomic mass is 9.84. The Kier molecular flexibility index (Phi) is 6.73. The van der Waals surface area contributed by atoms with Gasteiger partial charge in [0.15, 0.2) is 0 Å². The van der Waals surface area contributed by atoms with E-state index in [9.17, 15) is 0 Å². The molecule has 1 aliphatic heterocycles. The zero-order chi connectivity index (χ0) is 32.2. The van der Waals surface area contributed by atoms with Gasteiger partial charge in [-0.15, -0.1) is 0 Å². The van der Waals surface area contributed by atoms with Gasteiger partial charge in [0, 0.05) is 10.9 Å². The second-order valence-corrected chi connectivity index (χ2v) is 12.7. The lowest BCUT2D eigenvalue weighted by molar-refractivity contribution is 0.246. The molecule has 228 valence electrons. The highest BCUT2D eigenvalue weighted by atomic mass is 16.5. The first-order valence-corrected chi connectivity index (χ1v) is 16.8. The molecule has 1 unspecified atom stereocenters. The highest BCUT2D eigenvalue weighted by Crippen LogP contribution is 2.47. The van der Waals surface area contributed by atoms with Crippen molar-refractivity contribution >= 4 is 37.9 Å². The second kappa shape index (κ2) is 11.4. The van der Waals surface area contributed by atoms with Crippen molar-refractivity contribution in [3.63, 3.8) is 0 Å². The van der Waals surface area contributed by atoms with Crippen molar-refractivity contribution in [1.82, 2.24) is 0 Å². The Hall–Kier alpha value is -5.92. The Bertz CT molecular complexity index is 2480. The molecular formula is C47H34O. The van der Waals surface area contributed by atoms with Crippen molar-refractivity contribution in [3.05, 3.63) is 180 Å². The molecule has 8 aromatic carbocycles. The Morgan fingerprint density at radius 3 is 1.75 bits per heavy atom. The molecule has 1 aliphatic rings. The first kappa shape index (κ1) is 28.3. The monoisotopic (exact) mass is 614 g/mol. The normalized spacial score (nSPS) is 14.1. The third-order valence-corrected chi connectivity index (χ3v) is 10.0. The molecule has 8 aromatic rings. The minimum Gasteiger partial charge on any atom is -0.485 e. The SMILES string of the molecule is C/C=C(/c1cccc(-c2c3ccccc3c(-c3ccc(-c4ccccc4)cc3)c3ccccc23)c1)c1ccc2cccc3c2c1C(C)O3. The van der Waals surface area contributed by atoms with Crippen LogP contribution in [0.1, 0.15) is 36.6 Å². The van der Waals surface area contributed by atoms with Gasteiger partial charge in [0.25, 0.3) is 0 Å². The molecule has 0 N–H and O–H groups in total. The quantitative estimate of drug-likeness (QED) is 0.175. The fourth-order valence-electron chi connectivity index (χ4n) is 7.91. The molecule has 9 rings (SSSR count). The van der Waals surface area contributed by atoms with Crippen LogP contribution in [0, 0.1) is 0 Å². The maximum absolute atomic E-state index is 6.33. The Morgan fingerprint density at radius 2 is 1.08 bits per heavy atom. The maximum atomic E-state index is 6.33. The summed E-state index contributed by atoms with van der Waals surface area (Å²) < 4.78 is 6.33. The van der Waals surface area contributed by atoms with Crippen molar-refractivity contribution in [2.24, 2.45) is 0 Å². The molecule has 1 heteroatoms. The van der Waals surface area contributed by atoms with Crippen molar-refractivity contribution in [1.29, 1.82) is 0 Å². The van der Waals surface area contributed by atoms with Gasteiger partial charge in [-0.25, -0.2) is 0 Å². The van der Waals surface area contributed by atoms with Crippen LogP contribution in [0.5, 0.6) is 5.75 Å². The van der Waals surface area contributed by atoms with E-state index in [4.69, 9.17) is 4.74 Å². The van der Waals surface area contributed by atoms with Gasteiger partial charge >= 0.3 is 0 Å². The highest BCUT2D eigenvalue weighted by Gasteiger charge is 2.27. The molecule has 48 heavy (non-hydrogen) atoms. The fraction of sp³-hybridized carbons (Fsp3) is 0.0638. The summed E-state index contributed by atoms with van der Waals surface area (Å²) in [6.07, 6.45) is 2.25. The predicted molar refractivity (Wildman–Crippen MR) is 204 cm³/mol. The lowest BCUT2D eigenvalue weighted by Gasteiger charge is -2.19. The standard InChI is InChI=1S/C47H34O/c1-3-37(42-28-27-33-15-12-22-43-47(33)44(42)30(2)48-43)35-16-11-17-36(29-35)46-40-20-9-7-18-38(40)45(39-19-8-10-21-41(39)46)34-25-23-32(24-26-34)31-13-5-4-6-14-31/h3-30H,1-2H3/b37-3-. The topological polar surface area (TPSA) is 9.23 Å². The van der Waals surface area contributed by atoms with Crippen LogP contribution in [0.4, 0.5) is 0 Å². The molecule has 0 saturated carbocycles. The van der Waals surface area contributed by atoms with Crippen LogP contribution < -0.4 is 4.74 Å². The van der Waals surface area contributed by atoms with E-state index < -0.39 is 0 Å². The summed E-state index contributed by atoms with van der Waals surface area (Å²) in [6, 6.07) is 57.4. The van der Waals surface area contributed by atoms with Crippen molar-refractivity contribution in [3.8, 4) is 39.1 Å². The summed E-state index contributed by atoms with van der Waals surface area (Å²) in [5.41, 5.74) is 12.4. The van der Waals surface area contributed by atoms with Crippen LogP contribution in [0.25, 0.3) is 71.3 Å². The van der Waals surface area contributed by atoms with E-state index >= 15 is 0 Å². The summed E-state index contributed by atoms with van der Waals surface area (Å²) in [6.45, 7) is 4.31. The summed E-state index contributed by atoms with van der Waals surface area (Å²) in [5.74, 6) is 0.980. The molecule has 0 bridgehead atoms. The minimum atomic E-state index is 0.00132. The smallest absolute Gasteiger partial charge is 0.128 e. The Labute approximate surface area is 281 Å². The molecule has 0 saturated heterocycles. The second-order valence-electron chi connectivity index (χ2n) is 12.7. The number of hydrogen-bond acceptors (Lipinski definition) is 1. The number of allylic oxidation sites excluding steroid dienone is 1. The van der Waals surface area contributed by atoms with Gasteiger partial charge in [0.05, 0.1) is 0 Å². The van der Waals surface area contributed by atoms with E-state index in [-0.39, 0.29) is 6.10 Å². The molecule has 0 aromatic heterocycles. The van der Waals surface area contributed by atoms with E-state index in [2.05, 4.69) is 178 Å². The van der Waals surface area contributed by atoms with Crippen LogP contribution in [0.2, 0.25) is 0 Å². The van der Waals surface area contributed by atoms with Crippen molar-refractivity contribution < 1.29 is 4.74 Å². The van der Waals surface area contributed by atoms with Crippen molar-refractivity contribution in [2.75, 3.05) is 0 Å². The fourth-order valence-corrected chi connectivity index (χ4v) is 7.91. The molecular weight excluding hydrogens is 581 g/mol. The van der Waals surface area contributed by atoms with Gasteiger partial charge < -0.3 is 4.74 Å². The number of ether oxygens (including phenoxy) is 1. The predicted octanol–water partition coefficient (Wildman–Crippen LogP) is 13.1. The summed E-state index contributed by atoms with van der Waals surface area (Å²) in [5, 5.41) is 7.50.